The van der Waals surface area contributed by atoms with Gasteiger partial charge < -0.3 is 10.1 Å². The summed E-state index contributed by atoms with van der Waals surface area (Å²) >= 11 is 0. The van der Waals surface area contributed by atoms with Crippen LogP contribution in [0.2, 0.25) is 0 Å². The Morgan fingerprint density at radius 3 is 2.74 bits per heavy atom. The fraction of sp³-hybridized carbons (Fsp3) is 0.571. The molecule has 1 atom stereocenters. The van der Waals surface area contributed by atoms with Gasteiger partial charge in [0.05, 0.1) is 18.1 Å². The van der Waals surface area contributed by atoms with Gasteiger partial charge in [0.2, 0.25) is 0 Å². The Morgan fingerprint density at radius 1 is 1.42 bits per heavy atom. The Labute approximate surface area is 114 Å². The maximum Gasteiger partial charge on any atom is 0.273 e. The van der Waals surface area contributed by atoms with E-state index in [1.165, 1.54) is 26.0 Å². The first-order chi connectivity index (χ1) is 9.06. The summed E-state index contributed by atoms with van der Waals surface area (Å²) < 4.78 is 5.09. The van der Waals surface area contributed by atoms with Crippen LogP contribution in [0.15, 0.2) is 18.2 Å². The third-order valence-corrected chi connectivity index (χ3v) is 3.04. The van der Waals surface area contributed by atoms with Gasteiger partial charge in [0.15, 0.2) is 0 Å². The van der Waals surface area contributed by atoms with Crippen molar-refractivity contribution < 1.29 is 9.66 Å². The summed E-state index contributed by atoms with van der Waals surface area (Å²) in [7, 11) is 1.51. The average molecular weight is 266 g/mol. The first kappa shape index (κ1) is 15.4. The molecule has 106 valence electrons. The highest BCUT2D eigenvalue weighted by Crippen LogP contribution is 2.22. The zero-order valence-electron chi connectivity index (χ0n) is 11.8. The Bertz CT molecular complexity index is 421. The molecule has 0 aliphatic rings. The number of non-ortho nitro benzene ring substituents is 1. The molecule has 0 amide bonds. The van der Waals surface area contributed by atoms with Gasteiger partial charge in [-0.15, -0.1) is 0 Å². The van der Waals surface area contributed by atoms with E-state index in [0.29, 0.717) is 18.3 Å². The monoisotopic (exact) mass is 266 g/mol. The number of benzene rings is 1. The second-order valence-electron chi connectivity index (χ2n) is 4.72. The molecule has 1 rings (SSSR count). The van der Waals surface area contributed by atoms with Crippen molar-refractivity contribution in [2.24, 2.45) is 0 Å². The first-order valence-corrected chi connectivity index (χ1v) is 6.62. The van der Waals surface area contributed by atoms with Crippen molar-refractivity contribution in [1.82, 2.24) is 5.32 Å². The highest BCUT2D eigenvalue weighted by atomic mass is 16.6. The number of hydrogen-bond acceptors (Lipinski definition) is 4. The molecule has 19 heavy (non-hydrogen) atoms. The number of rotatable bonds is 8. The highest BCUT2D eigenvalue weighted by molar-refractivity contribution is 5.42. The number of ether oxygens (including phenoxy) is 1. The van der Waals surface area contributed by atoms with E-state index in [-0.39, 0.29) is 5.69 Å². The van der Waals surface area contributed by atoms with E-state index >= 15 is 0 Å². The van der Waals surface area contributed by atoms with Crippen LogP contribution in [0.1, 0.15) is 38.7 Å². The number of nitrogens with zero attached hydrogens (tertiary/aromatic N) is 1. The topological polar surface area (TPSA) is 64.4 Å². The molecular formula is C14H22N2O3. The maximum atomic E-state index is 10.8. The number of hydrogen-bond donors (Lipinski definition) is 1. The van der Waals surface area contributed by atoms with Gasteiger partial charge in [0.25, 0.3) is 5.69 Å². The smallest absolute Gasteiger partial charge is 0.273 e. The zero-order valence-corrected chi connectivity index (χ0v) is 11.8. The lowest BCUT2D eigenvalue weighted by Gasteiger charge is -2.13. The number of unbranched alkanes of at least 4 members (excludes halogenated alkanes) is 1. The molecule has 0 aliphatic carbocycles. The molecule has 1 aromatic rings. The van der Waals surface area contributed by atoms with E-state index in [1.54, 1.807) is 6.07 Å². The summed E-state index contributed by atoms with van der Waals surface area (Å²) in [6.45, 7) is 4.91. The normalized spacial score (nSPS) is 12.2. The molecule has 1 N–H and O–H groups in total. The number of nitro groups is 1. The Balaban J connectivity index is 2.66. The standard InChI is InChI=1S/C14H22N2O3/c1-4-5-6-11(2)15-10-12-7-13(16(17)18)9-14(8-12)19-3/h7-9,11,15H,4-6,10H2,1-3H3. The molecule has 0 saturated heterocycles. The quantitative estimate of drug-likeness (QED) is 0.579. The van der Waals surface area contributed by atoms with E-state index in [0.717, 1.165) is 12.0 Å². The number of methoxy groups -OCH3 is 1. The van der Waals surface area contributed by atoms with Crippen LogP contribution in [0.3, 0.4) is 0 Å². The molecule has 1 aromatic carbocycles. The molecule has 5 nitrogen and oxygen atoms in total. The Hall–Kier alpha value is -1.62. The summed E-state index contributed by atoms with van der Waals surface area (Å²) in [5, 5.41) is 14.2. The van der Waals surface area contributed by atoms with Crippen molar-refractivity contribution in [3.8, 4) is 5.75 Å². The van der Waals surface area contributed by atoms with Crippen LogP contribution >= 0.6 is 0 Å². The van der Waals surface area contributed by atoms with Crippen molar-refractivity contribution in [2.75, 3.05) is 7.11 Å². The molecule has 0 spiro atoms. The van der Waals surface area contributed by atoms with Crippen LogP contribution in [0.25, 0.3) is 0 Å². The molecule has 0 radical (unpaired) electrons. The third kappa shape index (κ3) is 5.26. The van der Waals surface area contributed by atoms with Crippen LogP contribution in [-0.4, -0.2) is 18.1 Å². The summed E-state index contributed by atoms with van der Waals surface area (Å²) in [6, 6.07) is 5.25. The van der Waals surface area contributed by atoms with Crippen molar-refractivity contribution in [1.29, 1.82) is 0 Å². The van der Waals surface area contributed by atoms with Crippen LogP contribution in [0, 0.1) is 10.1 Å². The molecule has 0 saturated carbocycles. The van der Waals surface area contributed by atoms with E-state index in [1.807, 2.05) is 6.07 Å². The van der Waals surface area contributed by atoms with Crippen LogP contribution in [0.5, 0.6) is 5.75 Å². The largest absolute Gasteiger partial charge is 0.496 e. The predicted octanol–water partition coefficient (Wildman–Crippen LogP) is 3.27. The van der Waals surface area contributed by atoms with Gasteiger partial charge >= 0.3 is 0 Å². The van der Waals surface area contributed by atoms with Gasteiger partial charge in [-0.2, -0.15) is 0 Å². The molecule has 0 heterocycles. The second-order valence-corrected chi connectivity index (χ2v) is 4.72. The SMILES string of the molecule is CCCCC(C)NCc1cc(OC)cc([N+](=O)[O-])c1. The molecule has 0 fully saturated rings. The molecule has 0 bridgehead atoms. The van der Waals surface area contributed by atoms with Gasteiger partial charge in [-0.05, 0) is 25.0 Å². The Morgan fingerprint density at radius 2 is 2.16 bits per heavy atom. The van der Waals surface area contributed by atoms with Gasteiger partial charge in [-0.25, -0.2) is 0 Å². The summed E-state index contributed by atoms with van der Waals surface area (Å²) in [6.07, 6.45) is 3.48. The molecule has 0 aromatic heterocycles. The average Bonchev–Trinajstić information content (AvgIpc) is 2.42. The first-order valence-electron chi connectivity index (χ1n) is 6.62. The highest BCUT2D eigenvalue weighted by Gasteiger charge is 2.10. The fourth-order valence-corrected chi connectivity index (χ4v) is 1.87. The van der Waals surface area contributed by atoms with Crippen LogP contribution < -0.4 is 10.1 Å². The van der Waals surface area contributed by atoms with Crippen molar-refractivity contribution in [2.45, 2.75) is 45.7 Å². The van der Waals surface area contributed by atoms with Gasteiger partial charge in [0.1, 0.15) is 5.75 Å². The van der Waals surface area contributed by atoms with E-state index < -0.39 is 4.92 Å². The van der Waals surface area contributed by atoms with Crippen molar-refractivity contribution >= 4 is 5.69 Å². The lowest BCUT2D eigenvalue weighted by Crippen LogP contribution is -2.25. The summed E-state index contributed by atoms with van der Waals surface area (Å²) in [5.41, 5.74) is 0.937. The van der Waals surface area contributed by atoms with Gasteiger partial charge in [-0.3, -0.25) is 10.1 Å². The van der Waals surface area contributed by atoms with Crippen LogP contribution in [0.4, 0.5) is 5.69 Å². The molecule has 1 unspecified atom stereocenters. The van der Waals surface area contributed by atoms with Crippen molar-refractivity contribution in [3.63, 3.8) is 0 Å². The molecule has 5 heteroatoms. The van der Waals surface area contributed by atoms with Gasteiger partial charge in [-0.1, -0.05) is 19.8 Å². The molecule has 0 aliphatic heterocycles. The van der Waals surface area contributed by atoms with Gasteiger partial charge in [0, 0.05) is 18.7 Å². The molecular weight excluding hydrogens is 244 g/mol. The predicted molar refractivity (Wildman–Crippen MR) is 75.5 cm³/mol. The number of nitrogens with one attached hydrogen (secondary N) is 1. The van der Waals surface area contributed by atoms with Crippen LogP contribution in [-0.2, 0) is 6.54 Å². The minimum atomic E-state index is -0.396. The lowest BCUT2D eigenvalue weighted by atomic mass is 10.1. The number of nitro benzene ring substituents is 1. The second kappa shape index (κ2) is 7.74. The van der Waals surface area contributed by atoms with E-state index in [4.69, 9.17) is 4.74 Å². The summed E-state index contributed by atoms with van der Waals surface area (Å²) in [5.74, 6) is 0.521. The Kier molecular flexibility index (Phi) is 6.29. The minimum Gasteiger partial charge on any atom is -0.496 e. The minimum absolute atomic E-state index is 0.0670. The summed E-state index contributed by atoms with van der Waals surface area (Å²) in [4.78, 5) is 10.4. The third-order valence-electron chi connectivity index (χ3n) is 3.04. The van der Waals surface area contributed by atoms with Crippen molar-refractivity contribution in [3.05, 3.63) is 33.9 Å². The fourth-order valence-electron chi connectivity index (χ4n) is 1.87. The maximum absolute atomic E-state index is 10.8. The van der Waals surface area contributed by atoms with E-state index in [2.05, 4.69) is 19.2 Å². The zero-order chi connectivity index (χ0) is 14.3. The lowest BCUT2D eigenvalue weighted by molar-refractivity contribution is -0.385. The van der Waals surface area contributed by atoms with E-state index in [9.17, 15) is 10.1 Å².